The zero-order chi connectivity index (χ0) is 21.0. The van der Waals surface area contributed by atoms with Crippen LogP contribution in [0.2, 0.25) is 0 Å². The number of hydrogen-bond acceptors (Lipinski definition) is 3. The first-order valence-corrected chi connectivity index (χ1v) is 12.1. The fourth-order valence-corrected chi connectivity index (χ4v) is 3.86. The standard InChI is InChI=1S/C26H38N2O2/c1-2-3-4-10-19-30-24-17-15-22(16-18-24)25-27-20-23(26(29)28-25)12-9-7-5-6-8-11-21-13-14-21/h15-18,20-21H,2-14,19H2,1H3,(H,27,28,29). The fourth-order valence-electron chi connectivity index (χ4n) is 3.86. The van der Waals surface area contributed by atoms with Gasteiger partial charge in [-0.3, -0.25) is 4.79 Å². The SMILES string of the molecule is CCCCCCOc1ccc(-c2ncc(CCCCCCCC3CC3)c(=O)[nH]2)cc1. The van der Waals surface area contributed by atoms with E-state index in [0.717, 1.165) is 48.7 Å². The van der Waals surface area contributed by atoms with Crippen molar-refractivity contribution in [3.05, 3.63) is 46.4 Å². The molecule has 1 fully saturated rings. The molecule has 0 bridgehead atoms. The molecular weight excluding hydrogens is 372 g/mol. The Labute approximate surface area is 181 Å². The van der Waals surface area contributed by atoms with Crippen LogP contribution in [-0.4, -0.2) is 16.6 Å². The Hall–Kier alpha value is -2.10. The lowest BCUT2D eigenvalue weighted by Crippen LogP contribution is -2.14. The van der Waals surface area contributed by atoms with Gasteiger partial charge in [-0.15, -0.1) is 0 Å². The van der Waals surface area contributed by atoms with Gasteiger partial charge in [0.15, 0.2) is 0 Å². The van der Waals surface area contributed by atoms with Crippen LogP contribution in [0, 0.1) is 5.92 Å². The zero-order valence-electron chi connectivity index (χ0n) is 18.6. The Morgan fingerprint density at radius 2 is 1.70 bits per heavy atom. The third-order valence-corrected chi connectivity index (χ3v) is 6.02. The van der Waals surface area contributed by atoms with Crippen molar-refractivity contribution < 1.29 is 4.74 Å². The van der Waals surface area contributed by atoms with Crippen LogP contribution in [0.1, 0.15) is 89.5 Å². The molecule has 30 heavy (non-hydrogen) atoms. The second-order valence-electron chi connectivity index (χ2n) is 8.77. The monoisotopic (exact) mass is 410 g/mol. The number of ether oxygens (including phenoxy) is 1. The minimum atomic E-state index is -0.00927. The van der Waals surface area contributed by atoms with Crippen LogP contribution < -0.4 is 10.3 Å². The van der Waals surface area contributed by atoms with Crippen LogP contribution in [0.5, 0.6) is 5.75 Å². The Morgan fingerprint density at radius 1 is 0.967 bits per heavy atom. The van der Waals surface area contributed by atoms with Gasteiger partial charge in [0.2, 0.25) is 0 Å². The number of H-pyrrole nitrogens is 1. The number of nitrogens with zero attached hydrogens (tertiary/aromatic N) is 1. The number of aryl methyl sites for hydroxylation is 1. The molecule has 4 nitrogen and oxygen atoms in total. The lowest BCUT2D eigenvalue weighted by molar-refractivity contribution is 0.305. The lowest BCUT2D eigenvalue weighted by Gasteiger charge is -2.07. The van der Waals surface area contributed by atoms with Gasteiger partial charge >= 0.3 is 0 Å². The predicted octanol–water partition coefficient (Wildman–Crippen LogP) is 6.69. The van der Waals surface area contributed by atoms with Gasteiger partial charge in [0.1, 0.15) is 11.6 Å². The number of unbranched alkanes of at least 4 members (excludes halogenated alkanes) is 7. The van der Waals surface area contributed by atoms with E-state index in [1.807, 2.05) is 24.3 Å². The van der Waals surface area contributed by atoms with E-state index < -0.39 is 0 Å². The summed E-state index contributed by atoms with van der Waals surface area (Å²) in [4.78, 5) is 19.9. The summed E-state index contributed by atoms with van der Waals surface area (Å²) in [5, 5.41) is 0. The smallest absolute Gasteiger partial charge is 0.254 e. The molecule has 1 heterocycles. The van der Waals surface area contributed by atoms with Crippen LogP contribution in [0.4, 0.5) is 0 Å². The maximum Gasteiger partial charge on any atom is 0.254 e. The van der Waals surface area contributed by atoms with Gasteiger partial charge in [-0.05, 0) is 49.4 Å². The molecule has 1 saturated carbocycles. The summed E-state index contributed by atoms with van der Waals surface area (Å²) in [7, 11) is 0. The van der Waals surface area contributed by atoms with E-state index in [0.29, 0.717) is 5.82 Å². The van der Waals surface area contributed by atoms with E-state index >= 15 is 0 Å². The van der Waals surface area contributed by atoms with Crippen molar-refractivity contribution in [2.75, 3.05) is 6.61 Å². The molecule has 0 unspecified atom stereocenters. The Kier molecular flexibility index (Phi) is 9.46. The molecule has 4 heteroatoms. The number of rotatable bonds is 15. The van der Waals surface area contributed by atoms with E-state index in [2.05, 4.69) is 16.9 Å². The maximum absolute atomic E-state index is 12.4. The third kappa shape index (κ3) is 7.97. The van der Waals surface area contributed by atoms with E-state index in [4.69, 9.17) is 4.74 Å². The second kappa shape index (κ2) is 12.6. The van der Waals surface area contributed by atoms with Crippen molar-refractivity contribution in [1.82, 2.24) is 9.97 Å². The molecule has 1 aromatic carbocycles. The predicted molar refractivity (Wildman–Crippen MR) is 124 cm³/mol. The van der Waals surface area contributed by atoms with E-state index in [1.165, 1.54) is 64.2 Å². The molecule has 0 radical (unpaired) electrons. The quantitative estimate of drug-likeness (QED) is 0.333. The van der Waals surface area contributed by atoms with E-state index in [9.17, 15) is 4.79 Å². The highest BCUT2D eigenvalue weighted by atomic mass is 16.5. The molecule has 0 saturated heterocycles. The molecule has 0 amide bonds. The van der Waals surface area contributed by atoms with Crippen molar-refractivity contribution in [3.8, 4) is 17.1 Å². The van der Waals surface area contributed by atoms with Crippen LogP contribution >= 0.6 is 0 Å². The largest absolute Gasteiger partial charge is 0.494 e. The summed E-state index contributed by atoms with van der Waals surface area (Å²) >= 11 is 0. The Morgan fingerprint density at radius 3 is 2.43 bits per heavy atom. The lowest BCUT2D eigenvalue weighted by atomic mass is 10.1. The average molecular weight is 411 g/mol. The molecule has 164 valence electrons. The molecule has 1 aliphatic rings. The normalized spacial score (nSPS) is 13.5. The van der Waals surface area contributed by atoms with Crippen LogP contribution in [0.3, 0.4) is 0 Å². The van der Waals surface area contributed by atoms with Gasteiger partial charge in [0.05, 0.1) is 6.61 Å². The fraction of sp³-hybridized carbons (Fsp3) is 0.615. The minimum absolute atomic E-state index is 0.00927. The van der Waals surface area contributed by atoms with E-state index in [-0.39, 0.29) is 5.56 Å². The van der Waals surface area contributed by atoms with Gasteiger partial charge in [-0.1, -0.05) is 71.1 Å². The molecule has 3 rings (SSSR count). The Bertz CT molecular complexity index is 793. The first-order valence-electron chi connectivity index (χ1n) is 12.1. The van der Waals surface area contributed by atoms with Gasteiger partial charge in [0.25, 0.3) is 5.56 Å². The first kappa shape index (κ1) is 22.6. The minimum Gasteiger partial charge on any atom is -0.494 e. The maximum atomic E-state index is 12.4. The van der Waals surface area contributed by atoms with Gasteiger partial charge < -0.3 is 9.72 Å². The highest BCUT2D eigenvalue weighted by Crippen LogP contribution is 2.34. The molecule has 1 aliphatic carbocycles. The molecule has 2 aromatic rings. The first-order chi connectivity index (χ1) is 14.8. The molecular formula is C26H38N2O2. The van der Waals surface area contributed by atoms with Crippen molar-refractivity contribution >= 4 is 0 Å². The van der Waals surface area contributed by atoms with Crippen molar-refractivity contribution in [2.45, 2.75) is 90.4 Å². The summed E-state index contributed by atoms with van der Waals surface area (Å²) in [6, 6.07) is 7.82. The highest BCUT2D eigenvalue weighted by Gasteiger charge is 2.19. The zero-order valence-corrected chi connectivity index (χ0v) is 18.6. The van der Waals surface area contributed by atoms with Crippen LogP contribution in [-0.2, 0) is 6.42 Å². The van der Waals surface area contributed by atoms with Crippen molar-refractivity contribution in [3.63, 3.8) is 0 Å². The second-order valence-corrected chi connectivity index (χ2v) is 8.77. The van der Waals surface area contributed by atoms with Gasteiger partial charge in [-0.25, -0.2) is 4.98 Å². The highest BCUT2D eigenvalue weighted by molar-refractivity contribution is 5.55. The van der Waals surface area contributed by atoms with Crippen LogP contribution in [0.15, 0.2) is 35.3 Å². The molecule has 0 spiro atoms. The van der Waals surface area contributed by atoms with Crippen molar-refractivity contribution in [1.29, 1.82) is 0 Å². The Balaban J connectivity index is 1.39. The summed E-state index contributed by atoms with van der Waals surface area (Å²) in [6.45, 7) is 2.96. The molecule has 0 atom stereocenters. The number of benzene rings is 1. The summed E-state index contributed by atoms with van der Waals surface area (Å²) in [5.74, 6) is 2.54. The average Bonchev–Trinajstić information content (AvgIpc) is 3.59. The molecule has 1 aromatic heterocycles. The number of hydrogen-bond donors (Lipinski definition) is 1. The molecule has 0 aliphatic heterocycles. The van der Waals surface area contributed by atoms with Crippen molar-refractivity contribution in [2.24, 2.45) is 5.92 Å². The van der Waals surface area contributed by atoms with Crippen LogP contribution in [0.25, 0.3) is 11.4 Å². The summed E-state index contributed by atoms with van der Waals surface area (Å²) in [6.07, 6.45) is 18.0. The number of aromatic amines is 1. The summed E-state index contributed by atoms with van der Waals surface area (Å²) in [5.41, 5.74) is 1.70. The van der Waals surface area contributed by atoms with E-state index in [1.54, 1.807) is 6.20 Å². The van der Waals surface area contributed by atoms with Gasteiger partial charge in [-0.2, -0.15) is 0 Å². The number of aromatic nitrogens is 2. The van der Waals surface area contributed by atoms with Gasteiger partial charge in [0, 0.05) is 17.3 Å². The number of nitrogens with one attached hydrogen (secondary N) is 1. The topological polar surface area (TPSA) is 55.0 Å². The summed E-state index contributed by atoms with van der Waals surface area (Å²) < 4.78 is 5.79. The third-order valence-electron chi connectivity index (χ3n) is 6.02. The molecule has 1 N–H and O–H groups in total.